The van der Waals surface area contributed by atoms with E-state index in [0.29, 0.717) is 18.1 Å². The molecule has 2 nitrogen and oxygen atoms in total. The summed E-state index contributed by atoms with van der Waals surface area (Å²) in [5, 5.41) is 3.58. The van der Waals surface area contributed by atoms with E-state index in [1.54, 1.807) is 0 Å². The predicted molar refractivity (Wildman–Crippen MR) is 69.4 cm³/mol. The van der Waals surface area contributed by atoms with Crippen molar-refractivity contribution in [3.05, 3.63) is 0 Å². The summed E-state index contributed by atoms with van der Waals surface area (Å²) in [6, 6.07) is 1.89. The SMILES string of the molecule is CCCNC(C)C(C)N(CC)C(C)CC. The Hall–Kier alpha value is -0.0800. The molecule has 0 bridgehead atoms. The Bertz CT molecular complexity index is 147. The van der Waals surface area contributed by atoms with E-state index in [0.717, 1.165) is 13.1 Å². The van der Waals surface area contributed by atoms with Crippen molar-refractivity contribution >= 4 is 0 Å². The summed E-state index contributed by atoms with van der Waals surface area (Å²) < 4.78 is 0. The Morgan fingerprint density at radius 2 is 1.67 bits per heavy atom. The lowest BCUT2D eigenvalue weighted by Gasteiger charge is -2.37. The summed E-state index contributed by atoms with van der Waals surface area (Å²) in [6.45, 7) is 16.0. The van der Waals surface area contributed by atoms with E-state index in [2.05, 4.69) is 51.8 Å². The van der Waals surface area contributed by atoms with Gasteiger partial charge in [-0.05, 0) is 46.7 Å². The highest BCUT2D eigenvalue weighted by molar-refractivity contribution is 4.80. The van der Waals surface area contributed by atoms with E-state index in [-0.39, 0.29) is 0 Å². The van der Waals surface area contributed by atoms with Crippen LogP contribution in [-0.2, 0) is 0 Å². The van der Waals surface area contributed by atoms with Crippen LogP contribution in [0.1, 0.15) is 54.4 Å². The average molecular weight is 214 g/mol. The Morgan fingerprint density at radius 1 is 1.07 bits per heavy atom. The van der Waals surface area contributed by atoms with Crippen LogP contribution in [0.3, 0.4) is 0 Å². The Kier molecular flexibility index (Phi) is 8.07. The number of hydrogen-bond acceptors (Lipinski definition) is 2. The summed E-state index contributed by atoms with van der Waals surface area (Å²) in [5.41, 5.74) is 0. The van der Waals surface area contributed by atoms with Gasteiger partial charge in [-0.15, -0.1) is 0 Å². The zero-order valence-corrected chi connectivity index (χ0v) is 11.5. The summed E-state index contributed by atoms with van der Waals surface area (Å²) in [7, 11) is 0. The molecular formula is C13H30N2. The lowest BCUT2D eigenvalue weighted by atomic mass is 10.1. The van der Waals surface area contributed by atoms with E-state index >= 15 is 0 Å². The van der Waals surface area contributed by atoms with Gasteiger partial charge in [-0.3, -0.25) is 4.90 Å². The number of rotatable bonds is 8. The van der Waals surface area contributed by atoms with E-state index in [9.17, 15) is 0 Å². The third kappa shape index (κ3) is 4.98. The van der Waals surface area contributed by atoms with Crippen LogP contribution in [0.5, 0.6) is 0 Å². The second-order valence-electron chi connectivity index (χ2n) is 4.57. The quantitative estimate of drug-likeness (QED) is 0.668. The molecule has 0 saturated heterocycles. The van der Waals surface area contributed by atoms with Crippen LogP contribution in [0, 0.1) is 0 Å². The van der Waals surface area contributed by atoms with Crippen molar-refractivity contribution in [3.63, 3.8) is 0 Å². The van der Waals surface area contributed by atoms with Gasteiger partial charge in [0.25, 0.3) is 0 Å². The summed E-state index contributed by atoms with van der Waals surface area (Å²) in [6.07, 6.45) is 2.45. The molecule has 0 aromatic heterocycles. The average Bonchev–Trinajstić information content (AvgIpc) is 2.26. The van der Waals surface area contributed by atoms with Gasteiger partial charge in [0.15, 0.2) is 0 Å². The minimum Gasteiger partial charge on any atom is -0.313 e. The van der Waals surface area contributed by atoms with Crippen molar-refractivity contribution in [2.75, 3.05) is 13.1 Å². The molecule has 0 amide bonds. The first-order valence-electron chi connectivity index (χ1n) is 6.57. The van der Waals surface area contributed by atoms with Gasteiger partial charge in [0.1, 0.15) is 0 Å². The van der Waals surface area contributed by atoms with E-state index in [1.165, 1.54) is 12.8 Å². The molecule has 0 aliphatic carbocycles. The molecule has 0 heterocycles. The second kappa shape index (κ2) is 8.12. The number of nitrogens with one attached hydrogen (secondary N) is 1. The van der Waals surface area contributed by atoms with Crippen LogP contribution in [0.4, 0.5) is 0 Å². The predicted octanol–water partition coefficient (Wildman–Crippen LogP) is 2.88. The topological polar surface area (TPSA) is 15.3 Å². The molecule has 0 rings (SSSR count). The molecule has 2 heteroatoms. The summed E-state index contributed by atoms with van der Waals surface area (Å²) in [5.74, 6) is 0. The minimum absolute atomic E-state index is 0.582. The number of nitrogens with zero attached hydrogens (tertiary/aromatic N) is 1. The van der Waals surface area contributed by atoms with Crippen molar-refractivity contribution in [2.24, 2.45) is 0 Å². The van der Waals surface area contributed by atoms with E-state index < -0.39 is 0 Å². The van der Waals surface area contributed by atoms with E-state index in [4.69, 9.17) is 0 Å². The van der Waals surface area contributed by atoms with Crippen LogP contribution in [0.25, 0.3) is 0 Å². The lowest BCUT2D eigenvalue weighted by molar-refractivity contribution is 0.132. The third-order valence-corrected chi connectivity index (χ3v) is 3.49. The lowest BCUT2D eigenvalue weighted by Crippen LogP contribution is -2.50. The minimum atomic E-state index is 0.582. The van der Waals surface area contributed by atoms with E-state index in [1.807, 2.05) is 0 Å². The molecule has 0 radical (unpaired) electrons. The monoisotopic (exact) mass is 214 g/mol. The van der Waals surface area contributed by atoms with Crippen LogP contribution in [0.2, 0.25) is 0 Å². The molecule has 0 aliphatic heterocycles. The van der Waals surface area contributed by atoms with Crippen LogP contribution in [-0.4, -0.2) is 36.1 Å². The van der Waals surface area contributed by atoms with Gasteiger partial charge >= 0.3 is 0 Å². The van der Waals surface area contributed by atoms with Crippen molar-refractivity contribution in [2.45, 2.75) is 72.5 Å². The van der Waals surface area contributed by atoms with Gasteiger partial charge in [0.05, 0.1) is 0 Å². The molecule has 0 fully saturated rings. The molecule has 15 heavy (non-hydrogen) atoms. The van der Waals surface area contributed by atoms with Gasteiger partial charge in [-0.25, -0.2) is 0 Å². The van der Waals surface area contributed by atoms with Crippen LogP contribution < -0.4 is 5.32 Å². The van der Waals surface area contributed by atoms with Gasteiger partial charge < -0.3 is 5.32 Å². The van der Waals surface area contributed by atoms with Crippen molar-refractivity contribution in [1.29, 1.82) is 0 Å². The maximum atomic E-state index is 3.58. The maximum Gasteiger partial charge on any atom is 0.0221 e. The Balaban J connectivity index is 4.17. The smallest absolute Gasteiger partial charge is 0.0221 e. The third-order valence-electron chi connectivity index (χ3n) is 3.49. The molecule has 0 aliphatic rings. The fourth-order valence-electron chi connectivity index (χ4n) is 2.07. The highest BCUT2D eigenvalue weighted by Crippen LogP contribution is 2.11. The number of hydrogen-bond donors (Lipinski definition) is 1. The first-order valence-corrected chi connectivity index (χ1v) is 6.57. The maximum absolute atomic E-state index is 3.58. The fraction of sp³-hybridized carbons (Fsp3) is 1.00. The summed E-state index contributed by atoms with van der Waals surface area (Å²) >= 11 is 0. The van der Waals surface area contributed by atoms with Crippen molar-refractivity contribution in [3.8, 4) is 0 Å². The highest BCUT2D eigenvalue weighted by Gasteiger charge is 2.21. The normalized spacial score (nSPS) is 17.8. The van der Waals surface area contributed by atoms with Crippen molar-refractivity contribution in [1.82, 2.24) is 10.2 Å². The fourth-order valence-corrected chi connectivity index (χ4v) is 2.07. The zero-order chi connectivity index (χ0) is 11.8. The molecule has 3 atom stereocenters. The Morgan fingerprint density at radius 3 is 2.07 bits per heavy atom. The first-order chi connectivity index (χ1) is 7.08. The van der Waals surface area contributed by atoms with Gasteiger partial charge in [0.2, 0.25) is 0 Å². The molecule has 3 unspecified atom stereocenters. The number of likely N-dealkylation sites (N-methyl/N-ethyl adjacent to an activating group) is 1. The van der Waals surface area contributed by atoms with Gasteiger partial charge in [0, 0.05) is 18.1 Å². The standard InChI is InChI=1S/C13H30N2/c1-7-10-14-12(5)13(6)15(9-3)11(4)8-2/h11-14H,7-10H2,1-6H3. The first kappa shape index (κ1) is 14.9. The molecular weight excluding hydrogens is 184 g/mol. The van der Waals surface area contributed by atoms with Crippen LogP contribution in [0.15, 0.2) is 0 Å². The zero-order valence-electron chi connectivity index (χ0n) is 11.5. The van der Waals surface area contributed by atoms with Crippen LogP contribution >= 0.6 is 0 Å². The second-order valence-corrected chi connectivity index (χ2v) is 4.57. The molecule has 0 spiro atoms. The van der Waals surface area contributed by atoms with Gasteiger partial charge in [-0.2, -0.15) is 0 Å². The van der Waals surface area contributed by atoms with Gasteiger partial charge in [-0.1, -0.05) is 20.8 Å². The largest absolute Gasteiger partial charge is 0.313 e. The van der Waals surface area contributed by atoms with Crippen molar-refractivity contribution < 1.29 is 0 Å². The summed E-state index contributed by atoms with van der Waals surface area (Å²) in [4.78, 5) is 2.59. The molecule has 0 saturated carbocycles. The molecule has 0 aromatic carbocycles. The molecule has 92 valence electrons. The molecule has 0 aromatic rings. The molecule has 1 N–H and O–H groups in total. The Labute approximate surface area is 96.4 Å². The highest BCUT2D eigenvalue weighted by atomic mass is 15.2.